The Balaban J connectivity index is 2.11. The highest BCUT2D eigenvalue weighted by Gasteiger charge is 2.29. The summed E-state index contributed by atoms with van der Waals surface area (Å²) in [5, 5.41) is 0. The Kier molecular flexibility index (Phi) is 3.99. The maximum absolute atomic E-state index is 11.6. The first-order chi connectivity index (χ1) is 8.39. The lowest BCUT2D eigenvalue weighted by molar-refractivity contribution is 0.198. The van der Waals surface area contributed by atoms with Gasteiger partial charge in [-0.1, -0.05) is 20.8 Å². The number of aromatic nitrogens is 2. The van der Waals surface area contributed by atoms with E-state index in [-0.39, 0.29) is 5.56 Å². The Morgan fingerprint density at radius 1 is 1.39 bits per heavy atom. The van der Waals surface area contributed by atoms with E-state index in [1.165, 1.54) is 19.2 Å². The van der Waals surface area contributed by atoms with Crippen molar-refractivity contribution in [2.75, 3.05) is 18.0 Å². The van der Waals surface area contributed by atoms with Gasteiger partial charge in [0.05, 0.1) is 6.33 Å². The molecular formula is C13H20IN3O. The number of nitrogens with one attached hydrogen (secondary N) is 1. The average molecular weight is 361 g/mol. The SMILES string of the molecule is CC(C)(C)C1CCN(c2nc[nH]c(=O)c2I)CC1. The van der Waals surface area contributed by atoms with E-state index in [0.29, 0.717) is 8.99 Å². The third kappa shape index (κ3) is 2.87. The first-order valence-corrected chi connectivity index (χ1v) is 7.45. The number of halogens is 1. The normalized spacial score (nSPS) is 18.1. The second kappa shape index (κ2) is 5.19. The Bertz CT molecular complexity index is 470. The molecule has 0 unspecified atom stereocenters. The topological polar surface area (TPSA) is 49.0 Å². The highest BCUT2D eigenvalue weighted by molar-refractivity contribution is 14.1. The number of piperidine rings is 1. The predicted octanol–water partition coefficient (Wildman–Crippen LogP) is 2.64. The Labute approximate surface area is 121 Å². The molecule has 5 heteroatoms. The van der Waals surface area contributed by atoms with Gasteiger partial charge in [-0.3, -0.25) is 4.79 Å². The van der Waals surface area contributed by atoms with Crippen LogP contribution in [0.15, 0.2) is 11.1 Å². The molecule has 2 rings (SSSR count). The molecule has 0 radical (unpaired) electrons. The van der Waals surface area contributed by atoms with E-state index in [9.17, 15) is 4.79 Å². The number of nitrogens with zero attached hydrogens (tertiary/aromatic N) is 2. The van der Waals surface area contributed by atoms with E-state index in [4.69, 9.17) is 0 Å². The van der Waals surface area contributed by atoms with E-state index >= 15 is 0 Å². The van der Waals surface area contributed by atoms with Crippen molar-refractivity contribution >= 4 is 28.4 Å². The van der Waals surface area contributed by atoms with E-state index < -0.39 is 0 Å². The lowest BCUT2D eigenvalue weighted by Crippen LogP contribution is -2.39. The van der Waals surface area contributed by atoms with Gasteiger partial charge in [-0.05, 0) is 46.8 Å². The van der Waals surface area contributed by atoms with Crippen LogP contribution in [0.5, 0.6) is 0 Å². The summed E-state index contributed by atoms with van der Waals surface area (Å²) in [6.45, 7) is 8.91. The molecule has 1 aromatic rings. The monoisotopic (exact) mass is 361 g/mol. The molecule has 1 fully saturated rings. The highest BCUT2D eigenvalue weighted by Crippen LogP contribution is 2.35. The second-order valence-corrected chi connectivity index (χ2v) is 7.08. The molecule has 1 N–H and O–H groups in total. The number of anilines is 1. The van der Waals surface area contributed by atoms with Crippen LogP contribution in [0.2, 0.25) is 0 Å². The van der Waals surface area contributed by atoms with Crippen LogP contribution in [0.1, 0.15) is 33.6 Å². The summed E-state index contributed by atoms with van der Waals surface area (Å²) in [4.78, 5) is 20.7. The van der Waals surface area contributed by atoms with Gasteiger partial charge in [0.2, 0.25) is 0 Å². The molecule has 0 aromatic carbocycles. The molecule has 0 spiro atoms. The Morgan fingerprint density at radius 2 is 2.00 bits per heavy atom. The molecule has 0 saturated carbocycles. The van der Waals surface area contributed by atoms with E-state index in [0.717, 1.165) is 24.8 Å². The van der Waals surface area contributed by atoms with Crippen LogP contribution >= 0.6 is 22.6 Å². The maximum Gasteiger partial charge on any atom is 0.266 e. The largest absolute Gasteiger partial charge is 0.356 e. The van der Waals surface area contributed by atoms with Crippen LogP contribution in [0, 0.1) is 14.9 Å². The zero-order chi connectivity index (χ0) is 13.3. The van der Waals surface area contributed by atoms with Crippen molar-refractivity contribution in [3.8, 4) is 0 Å². The summed E-state index contributed by atoms with van der Waals surface area (Å²) in [5.41, 5.74) is 0.333. The molecule has 2 heterocycles. The lowest BCUT2D eigenvalue weighted by Gasteiger charge is -2.39. The fourth-order valence-corrected chi connectivity index (χ4v) is 3.19. The summed E-state index contributed by atoms with van der Waals surface area (Å²) >= 11 is 2.08. The summed E-state index contributed by atoms with van der Waals surface area (Å²) in [7, 11) is 0. The number of H-pyrrole nitrogens is 1. The molecule has 4 nitrogen and oxygen atoms in total. The minimum absolute atomic E-state index is 0.0430. The van der Waals surface area contributed by atoms with Crippen molar-refractivity contribution in [3.63, 3.8) is 0 Å². The molecular weight excluding hydrogens is 341 g/mol. The van der Waals surface area contributed by atoms with Crippen LogP contribution in [-0.4, -0.2) is 23.1 Å². The van der Waals surface area contributed by atoms with Crippen molar-refractivity contribution in [1.82, 2.24) is 9.97 Å². The number of hydrogen-bond donors (Lipinski definition) is 1. The number of hydrogen-bond acceptors (Lipinski definition) is 3. The van der Waals surface area contributed by atoms with Crippen molar-refractivity contribution in [1.29, 1.82) is 0 Å². The quantitative estimate of drug-likeness (QED) is 0.783. The van der Waals surface area contributed by atoms with Gasteiger partial charge in [0, 0.05) is 13.1 Å². The van der Waals surface area contributed by atoms with Gasteiger partial charge in [-0.25, -0.2) is 4.98 Å². The summed E-state index contributed by atoms with van der Waals surface area (Å²) < 4.78 is 0.698. The van der Waals surface area contributed by atoms with Gasteiger partial charge in [0.25, 0.3) is 5.56 Å². The predicted molar refractivity (Wildman–Crippen MR) is 82.0 cm³/mol. The molecule has 0 amide bonds. The van der Waals surface area contributed by atoms with Gasteiger partial charge >= 0.3 is 0 Å². The van der Waals surface area contributed by atoms with Crippen molar-refractivity contribution < 1.29 is 0 Å². The smallest absolute Gasteiger partial charge is 0.266 e. The van der Waals surface area contributed by atoms with Gasteiger partial charge in [0.1, 0.15) is 9.39 Å². The zero-order valence-corrected chi connectivity index (χ0v) is 13.3. The molecule has 0 bridgehead atoms. The number of rotatable bonds is 1. The van der Waals surface area contributed by atoms with Crippen molar-refractivity contribution in [2.24, 2.45) is 11.3 Å². The molecule has 100 valence electrons. The van der Waals surface area contributed by atoms with Crippen LogP contribution in [0.3, 0.4) is 0 Å². The van der Waals surface area contributed by atoms with Gasteiger partial charge in [0.15, 0.2) is 0 Å². The minimum Gasteiger partial charge on any atom is -0.356 e. The standard InChI is InChI=1S/C13H20IN3O/c1-13(2,3)9-4-6-17(7-5-9)11-10(14)12(18)16-8-15-11/h8-9H,4-7H2,1-3H3,(H,15,16,18). The molecule has 18 heavy (non-hydrogen) atoms. The maximum atomic E-state index is 11.6. The molecule has 0 aliphatic carbocycles. The van der Waals surface area contributed by atoms with Crippen LogP contribution < -0.4 is 10.5 Å². The summed E-state index contributed by atoms with van der Waals surface area (Å²) in [5.74, 6) is 1.60. The summed E-state index contributed by atoms with van der Waals surface area (Å²) in [6, 6.07) is 0. The Morgan fingerprint density at radius 3 is 2.56 bits per heavy atom. The third-order valence-corrected chi connectivity index (χ3v) is 4.77. The van der Waals surface area contributed by atoms with Gasteiger partial charge < -0.3 is 9.88 Å². The molecule has 1 aliphatic heterocycles. The molecule has 1 aliphatic rings. The summed E-state index contributed by atoms with van der Waals surface area (Å²) in [6.07, 6.45) is 3.85. The van der Waals surface area contributed by atoms with Crippen LogP contribution in [-0.2, 0) is 0 Å². The molecule has 1 saturated heterocycles. The highest BCUT2D eigenvalue weighted by atomic mass is 127. The van der Waals surface area contributed by atoms with Crippen molar-refractivity contribution in [3.05, 3.63) is 20.3 Å². The zero-order valence-electron chi connectivity index (χ0n) is 11.2. The fraction of sp³-hybridized carbons (Fsp3) is 0.692. The van der Waals surface area contributed by atoms with Crippen LogP contribution in [0.4, 0.5) is 5.82 Å². The van der Waals surface area contributed by atoms with Gasteiger partial charge in [-0.2, -0.15) is 0 Å². The minimum atomic E-state index is -0.0430. The first kappa shape index (κ1) is 13.8. The second-order valence-electron chi connectivity index (χ2n) is 6.00. The van der Waals surface area contributed by atoms with Crippen LogP contribution in [0.25, 0.3) is 0 Å². The Hall–Kier alpha value is -0.590. The van der Waals surface area contributed by atoms with E-state index in [1.54, 1.807) is 0 Å². The third-order valence-electron chi connectivity index (χ3n) is 3.80. The lowest BCUT2D eigenvalue weighted by atomic mass is 9.75. The van der Waals surface area contributed by atoms with Crippen molar-refractivity contribution in [2.45, 2.75) is 33.6 Å². The fourth-order valence-electron chi connectivity index (χ4n) is 2.55. The van der Waals surface area contributed by atoms with E-state index in [1.807, 2.05) is 0 Å². The average Bonchev–Trinajstić information content (AvgIpc) is 2.32. The molecule has 1 aromatic heterocycles. The number of aromatic amines is 1. The first-order valence-electron chi connectivity index (χ1n) is 6.37. The molecule has 0 atom stereocenters. The van der Waals surface area contributed by atoms with E-state index in [2.05, 4.69) is 58.2 Å². The van der Waals surface area contributed by atoms with Gasteiger partial charge in [-0.15, -0.1) is 0 Å².